The highest BCUT2D eigenvalue weighted by Gasteiger charge is 2.20. The van der Waals surface area contributed by atoms with Crippen LogP contribution in [0, 0.1) is 0 Å². The Morgan fingerprint density at radius 2 is 0.854 bits per heavy atom. The molecular weight excluding hydrogens is 583 g/mol. The first-order valence-corrected chi connectivity index (χ1v) is 16.3. The van der Waals surface area contributed by atoms with Crippen molar-refractivity contribution in [3.8, 4) is 33.4 Å². The van der Waals surface area contributed by atoms with Gasteiger partial charge in [0.05, 0.1) is 5.69 Å². The number of rotatable bonds is 6. The number of hydrogen-bond acceptors (Lipinski definition) is 2. The highest BCUT2D eigenvalue weighted by atomic mass is 16.3. The topological polar surface area (TPSA) is 16.4 Å². The number of nitrogens with zero attached hydrogens (tertiary/aromatic N) is 1. The molecule has 0 aliphatic carbocycles. The lowest BCUT2D eigenvalue weighted by Gasteiger charge is -2.28. The molecule has 2 heteroatoms. The molecule has 0 saturated heterocycles. The Labute approximate surface area is 279 Å². The minimum absolute atomic E-state index is 0.867. The molecule has 0 saturated carbocycles. The zero-order valence-electron chi connectivity index (χ0n) is 26.3. The third kappa shape index (κ3) is 5.01. The molecule has 0 unspecified atom stereocenters. The van der Waals surface area contributed by atoms with Crippen LogP contribution in [-0.2, 0) is 0 Å². The van der Waals surface area contributed by atoms with E-state index >= 15 is 0 Å². The summed E-state index contributed by atoms with van der Waals surface area (Å²) >= 11 is 0. The summed E-state index contributed by atoms with van der Waals surface area (Å²) in [5.41, 5.74) is 12.0. The molecule has 0 aliphatic rings. The van der Waals surface area contributed by atoms with Crippen LogP contribution in [-0.4, -0.2) is 0 Å². The third-order valence-corrected chi connectivity index (χ3v) is 9.24. The standard InChI is InChI=1S/C46H31NO/c1-4-12-32(13-5-1)34-20-23-39(24-21-34)47(40-25-26-41-43-29-36-18-10-11-19-37(36)30-45(43)48-46(41)31-40)44-27-22-38(33-14-6-2-7-15-33)28-42(44)35-16-8-3-9-17-35/h1-31H. The van der Waals surface area contributed by atoms with Crippen LogP contribution in [0.5, 0.6) is 0 Å². The van der Waals surface area contributed by atoms with E-state index in [9.17, 15) is 0 Å². The normalized spacial score (nSPS) is 11.3. The third-order valence-electron chi connectivity index (χ3n) is 9.24. The second kappa shape index (κ2) is 11.8. The van der Waals surface area contributed by atoms with Gasteiger partial charge in [0.1, 0.15) is 11.2 Å². The van der Waals surface area contributed by atoms with E-state index in [1.807, 2.05) is 0 Å². The van der Waals surface area contributed by atoms with Gasteiger partial charge < -0.3 is 9.32 Å². The summed E-state index contributed by atoms with van der Waals surface area (Å²) in [6, 6.07) is 66.9. The Kier molecular flexibility index (Phi) is 6.84. The highest BCUT2D eigenvalue weighted by Crippen LogP contribution is 2.44. The maximum Gasteiger partial charge on any atom is 0.137 e. The summed E-state index contributed by atoms with van der Waals surface area (Å²) in [6.45, 7) is 0. The van der Waals surface area contributed by atoms with Crippen LogP contribution >= 0.6 is 0 Å². The molecule has 48 heavy (non-hydrogen) atoms. The quantitative estimate of drug-likeness (QED) is 0.185. The molecule has 0 bridgehead atoms. The molecule has 0 N–H and O–H groups in total. The summed E-state index contributed by atoms with van der Waals surface area (Å²) in [5.74, 6) is 0. The van der Waals surface area contributed by atoms with E-state index in [1.165, 1.54) is 33.0 Å². The highest BCUT2D eigenvalue weighted by molar-refractivity contribution is 6.11. The molecule has 9 aromatic rings. The van der Waals surface area contributed by atoms with Crippen molar-refractivity contribution in [2.45, 2.75) is 0 Å². The van der Waals surface area contributed by atoms with Crippen LogP contribution in [0.25, 0.3) is 66.1 Å². The minimum atomic E-state index is 0.867. The smallest absolute Gasteiger partial charge is 0.137 e. The van der Waals surface area contributed by atoms with Gasteiger partial charge >= 0.3 is 0 Å². The van der Waals surface area contributed by atoms with Crippen LogP contribution in [0.15, 0.2) is 192 Å². The van der Waals surface area contributed by atoms with Crippen molar-refractivity contribution >= 4 is 49.8 Å². The van der Waals surface area contributed by atoms with E-state index in [-0.39, 0.29) is 0 Å². The van der Waals surface area contributed by atoms with Gasteiger partial charge in [-0.2, -0.15) is 0 Å². The molecule has 0 atom stereocenters. The lowest BCUT2D eigenvalue weighted by atomic mass is 9.96. The van der Waals surface area contributed by atoms with Crippen molar-refractivity contribution in [2.75, 3.05) is 4.90 Å². The van der Waals surface area contributed by atoms with Gasteiger partial charge in [-0.1, -0.05) is 133 Å². The average molecular weight is 614 g/mol. The van der Waals surface area contributed by atoms with Crippen LogP contribution in [0.4, 0.5) is 17.1 Å². The van der Waals surface area contributed by atoms with Gasteiger partial charge in [-0.15, -0.1) is 0 Å². The van der Waals surface area contributed by atoms with Crippen molar-refractivity contribution in [1.82, 2.24) is 0 Å². The van der Waals surface area contributed by atoms with Crippen LogP contribution in [0.2, 0.25) is 0 Å². The molecule has 226 valence electrons. The Bertz CT molecular complexity index is 2530. The molecule has 8 aromatic carbocycles. The zero-order valence-corrected chi connectivity index (χ0v) is 26.3. The molecule has 0 aliphatic heterocycles. The first-order valence-electron chi connectivity index (χ1n) is 16.3. The second-order valence-corrected chi connectivity index (χ2v) is 12.2. The van der Waals surface area contributed by atoms with Gasteiger partial charge in [0, 0.05) is 33.8 Å². The lowest BCUT2D eigenvalue weighted by Crippen LogP contribution is -2.11. The molecule has 0 spiro atoms. The van der Waals surface area contributed by atoms with Gasteiger partial charge in [0.2, 0.25) is 0 Å². The summed E-state index contributed by atoms with van der Waals surface area (Å²) in [4.78, 5) is 2.36. The summed E-state index contributed by atoms with van der Waals surface area (Å²) in [6.07, 6.45) is 0. The average Bonchev–Trinajstić information content (AvgIpc) is 3.52. The van der Waals surface area contributed by atoms with Gasteiger partial charge in [0.15, 0.2) is 0 Å². The molecule has 0 fully saturated rings. The van der Waals surface area contributed by atoms with E-state index in [0.717, 1.165) is 50.1 Å². The first kappa shape index (κ1) is 27.9. The molecule has 1 heterocycles. The Morgan fingerprint density at radius 1 is 0.333 bits per heavy atom. The molecule has 2 nitrogen and oxygen atoms in total. The predicted molar refractivity (Wildman–Crippen MR) is 202 cm³/mol. The van der Waals surface area contributed by atoms with E-state index in [0.29, 0.717) is 0 Å². The van der Waals surface area contributed by atoms with Gasteiger partial charge in [-0.3, -0.25) is 0 Å². The van der Waals surface area contributed by atoms with Gasteiger partial charge in [-0.25, -0.2) is 0 Å². The number of benzene rings is 8. The predicted octanol–water partition coefficient (Wildman–Crippen LogP) is 13.2. The summed E-state index contributed by atoms with van der Waals surface area (Å²) < 4.78 is 6.57. The van der Waals surface area contributed by atoms with Gasteiger partial charge in [-0.05, 0) is 87.1 Å². The number of fused-ring (bicyclic) bond motifs is 4. The zero-order chi connectivity index (χ0) is 31.9. The molecule has 0 radical (unpaired) electrons. The largest absolute Gasteiger partial charge is 0.456 e. The van der Waals surface area contributed by atoms with E-state index < -0.39 is 0 Å². The fourth-order valence-electron chi connectivity index (χ4n) is 6.84. The monoisotopic (exact) mass is 613 g/mol. The molecule has 9 rings (SSSR count). The van der Waals surface area contributed by atoms with Crippen molar-refractivity contribution in [3.63, 3.8) is 0 Å². The van der Waals surface area contributed by atoms with Crippen molar-refractivity contribution in [1.29, 1.82) is 0 Å². The summed E-state index contributed by atoms with van der Waals surface area (Å²) in [7, 11) is 0. The van der Waals surface area contributed by atoms with Crippen molar-refractivity contribution in [2.24, 2.45) is 0 Å². The maximum atomic E-state index is 6.57. The summed E-state index contributed by atoms with van der Waals surface area (Å²) in [5, 5.41) is 4.63. The minimum Gasteiger partial charge on any atom is -0.456 e. The van der Waals surface area contributed by atoms with Crippen molar-refractivity contribution < 1.29 is 4.42 Å². The SMILES string of the molecule is c1ccc(-c2ccc(N(c3ccc4c(c3)oc3cc5ccccc5cc34)c3ccc(-c4ccccc4)cc3-c3ccccc3)cc2)cc1. The molecular formula is C46H31NO. The number of hydrogen-bond donors (Lipinski definition) is 0. The van der Waals surface area contributed by atoms with Crippen molar-refractivity contribution in [3.05, 3.63) is 188 Å². The lowest BCUT2D eigenvalue weighted by molar-refractivity contribution is 0.669. The fraction of sp³-hybridized carbons (Fsp3) is 0. The molecule has 0 amide bonds. The fourth-order valence-corrected chi connectivity index (χ4v) is 6.84. The second-order valence-electron chi connectivity index (χ2n) is 12.2. The van der Waals surface area contributed by atoms with Crippen LogP contribution in [0.1, 0.15) is 0 Å². The van der Waals surface area contributed by atoms with E-state index in [4.69, 9.17) is 4.42 Å². The van der Waals surface area contributed by atoms with Crippen LogP contribution < -0.4 is 4.90 Å². The Balaban J connectivity index is 1.25. The molecule has 1 aromatic heterocycles. The Morgan fingerprint density at radius 3 is 1.54 bits per heavy atom. The Hall–Kier alpha value is -6.38. The first-order chi connectivity index (χ1) is 23.8. The number of furan rings is 1. The number of anilines is 3. The van der Waals surface area contributed by atoms with E-state index in [2.05, 4.69) is 193 Å². The van der Waals surface area contributed by atoms with Gasteiger partial charge in [0.25, 0.3) is 0 Å². The van der Waals surface area contributed by atoms with Crippen LogP contribution in [0.3, 0.4) is 0 Å². The maximum absolute atomic E-state index is 6.57. The van der Waals surface area contributed by atoms with E-state index in [1.54, 1.807) is 0 Å².